The molecular weight excluding hydrogens is 292 g/mol. The lowest BCUT2D eigenvalue weighted by molar-refractivity contribution is -0.605. The Morgan fingerprint density at radius 2 is 1.74 bits per heavy atom. The van der Waals surface area contributed by atoms with E-state index in [0.717, 1.165) is 5.56 Å². The molecule has 0 saturated heterocycles. The molecule has 0 unspecified atom stereocenters. The molecule has 3 rings (SSSR count). The van der Waals surface area contributed by atoms with Crippen LogP contribution < -0.4 is 4.73 Å². The standard InChI is InChI=1S/C18H16N2O3/c21-18(16-8-10-20(22)11-9-16)19(14-17-7-4-12-23-17)13-15-5-2-1-3-6-15/h1-12H,13-14H2. The lowest BCUT2D eigenvalue weighted by atomic mass is 10.1. The van der Waals surface area contributed by atoms with E-state index >= 15 is 0 Å². The summed E-state index contributed by atoms with van der Waals surface area (Å²) in [6.45, 7) is 0.833. The number of carbonyl (C=O) groups excluding carboxylic acids is 1. The molecule has 2 aromatic heterocycles. The van der Waals surface area contributed by atoms with Gasteiger partial charge in [0.2, 0.25) is 0 Å². The minimum absolute atomic E-state index is 0.147. The summed E-state index contributed by atoms with van der Waals surface area (Å²) in [6, 6.07) is 16.4. The van der Waals surface area contributed by atoms with Gasteiger partial charge in [0.15, 0.2) is 12.4 Å². The van der Waals surface area contributed by atoms with Crippen molar-refractivity contribution in [2.24, 2.45) is 0 Å². The number of hydrogen-bond donors (Lipinski definition) is 0. The predicted octanol–water partition coefficient (Wildman–Crippen LogP) is 2.76. The molecule has 0 aliphatic rings. The van der Waals surface area contributed by atoms with E-state index in [1.807, 2.05) is 36.4 Å². The van der Waals surface area contributed by atoms with Crippen molar-refractivity contribution >= 4 is 5.91 Å². The monoisotopic (exact) mass is 308 g/mol. The minimum atomic E-state index is -0.147. The number of carbonyl (C=O) groups is 1. The van der Waals surface area contributed by atoms with Gasteiger partial charge < -0.3 is 14.5 Å². The Hall–Kier alpha value is -3.08. The number of nitrogens with zero attached hydrogens (tertiary/aromatic N) is 2. The third-order valence-electron chi connectivity index (χ3n) is 3.48. The van der Waals surface area contributed by atoms with E-state index in [0.29, 0.717) is 29.1 Å². The zero-order valence-electron chi connectivity index (χ0n) is 12.5. The molecule has 0 spiro atoms. The van der Waals surface area contributed by atoms with Crippen LogP contribution in [0.25, 0.3) is 0 Å². The number of amides is 1. The first kappa shape index (κ1) is 14.8. The first-order valence-corrected chi connectivity index (χ1v) is 7.27. The molecule has 5 heteroatoms. The van der Waals surface area contributed by atoms with Crippen molar-refractivity contribution in [2.75, 3.05) is 0 Å². The summed E-state index contributed by atoms with van der Waals surface area (Å²) in [5.41, 5.74) is 1.50. The minimum Gasteiger partial charge on any atom is -0.619 e. The molecule has 1 aromatic carbocycles. The third kappa shape index (κ3) is 3.77. The molecule has 23 heavy (non-hydrogen) atoms. The van der Waals surface area contributed by atoms with Gasteiger partial charge in [-0.3, -0.25) is 4.79 Å². The van der Waals surface area contributed by atoms with Crippen molar-refractivity contribution in [1.29, 1.82) is 0 Å². The smallest absolute Gasteiger partial charge is 0.255 e. The fraction of sp³-hybridized carbons (Fsp3) is 0.111. The van der Waals surface area contributed by atoms with Gasteiger partial charge in [0.1, 0.15) is 5.76 Å². The Kier molecular flexibility index (Phi) is 4.38. The number of pyridine rings is 1. The third-order valence-corrected chi connectivity index (χ3v) is 3.48. The quantitative estimate of drug-likeness (QED) is 0.538. The molecule has 0 aliphatic carbocycles. The van der Waals surface area contributed by atoms with E-state index < -0.39 is 0 Å². The van der Waals surface area contributed by atoms with Gasteiger partial charge in [0.05, 0.1) is 18.4 Å². The fourth-order valence-corrected chi connectivity index (χ4v) is 2.33. The number of furan rings is 1. The average molecular weight is 308 g/mol. The Labute approximate surface area is 134 Å². The van der Waals surface area contributed by atoms with Gasteiger partial charge in [-0.15, -0.1) is 0 Å². The highest BCUT2D eigenvalue weighted by molar-refractivity contribution is 5.93. The summed E-state index contributed by atoms with van der Waals surface area (Å²) in [5.74, 6) is 0.565. The van der Waals surface area contributed by atoms with Crippen LogP contribution in [0.5, 0.6) is 0 Å². The van der Waals surface area contributed by atoms with Crippen LogP contribution in [-0.4, -0.2) is 10.8 Å². The molecule has 0 atom stereocenters. The molecule has 5 nitrogen and oxygen atoms in total. The fourth-order valence-electron chi connectivity index (χ4n) is 2.33. The van der Waals surface area contributed by atoms with Crippen LogP contribution in [0.4, 0.5) is 0 Å². The maximum atomic E-state index is 12.8. The molecule has 0 N–H and O–H groups in total. The summed E-state index contributed by atoms with van der Waals surface area (Å²) < 4.78 is 6.02. The van der Waals surface area contributed by atoms with Gasteiger partial charge in [-0.2, -0.15) is 4.73 Å². The Morgan fingerprint density at radius 1 is 1.00 bits per heavy atom. The van der Waals surface area contributed by atoms with Crippen molar-refractivity contribution in [2.45, 2.75) is 13.1 Å². The van der Waals surface area contributed by atoms with Crippen molar-refractivity contribution in [1.82, 2.24) is 4.90 Å². The summed E-state index contributed by atoms with van der Waals surface area (Å²) in [5, 5.41) is 11.1. The van der Waals surface area contributed by atoms with Gasteiger partial charge >= 0.3 is 0 Å². The SMILES string of the molecule is O=C(c1cc[n+]([O-])cc1)N(Cc1ccccc1)Cc1ccco1. The number of benzene rings is 1. The zero-order chi connectivity index (χ0) is 16.1. The van der Waals surface area contributed by atoms with Crippen molar-refractivity contribution < 1.29 is 13.9 Å². The van der Waals surface area contributed by atoms with E-state index in [1.54, 1.807) is 17.2 Å². The van der Waals surface area contributed by atoms with Crippen LogP contribution in [0.1, 0.15) is 21.7 Å². The van der Waals surface area contributed by atoms with E-state index in [1.165, 1.54) is 24.5 Å². The predicted molar refractivity (Wildman–Crippen MR) is 84.1 cm³/mol. The summed E-state index contributed by atoms with van der Waals surface area (Å²) in [4.78, 5) is 14.5. The average Bonchev–Trinajstić information content (AvgIpc) is 3.08. The molecule has 0 aliphatic heterocycles. The highest BCUT2D eigenvalue weighted by atomic mass is 16.5. The second kappa shape index (κ2) is 6.79. The van der Waals surface area contributed by atoms with Gasteiger partial charge in [0, 0.05) is 18.7 Å². The maximum absolute atomic E-state index is 12.8. The molecular formula is C18H16N2O3. The Balaban J connectivity index is 1.84. The molecule has 116 valence electrons. The van der Waals surface area contributed by atoms with Crippen molar-refractivity contribution in [3.05, 3.63) is 95.3 Å². The summed E-state index contributed by atoms with van der Waals surface area (Å²) in [6.07, 6.45) is 4.23. The van der Waals surface area contributed by atoms with Crippen LogP contribution in [0, 0.1) is 5.21 Å². The second-order valence-electron chi connectivity index (χ2n) is 5.17. The first-order chi connectivity index (χ1) is 11.2. The topological polar surface area (TPSA) is 60.4 Å². The van der Waals surface area contributed by atoms with Gasteiger partial charge in [-0.1, -0.05) is 30.3 Å². The Morgan fingerprint density at radius 3 is 2.39 bits per heavy atom. The van der Waals surface area contributed by atoms with E-state index in [2.05, 4.69) is 0 Å². The number of rotatable bonds is 5. The number of hydrogen-bond acceptors (Lipinski definition) is 3. The summed E-state index contributed by atoms with van der Waals surface area (Å²) in [7, 11) is 0. The van der Waals surface area contributed by atoms with E-state index in [9.17, 15) is 10.0 Å². The van der Waals surface area contributed by atoms with Gasteiger partial charge in [-0.25, -0.2) is 0 Å². The van der Waals surface area contributed by atoms with E-state index in [4.69, 9.17) is 4.42 Å². The zero-order valence-corrected chi connectivity index (χ0v) is 12.5. The van der Waals surface area contributed by atoms with Crippen LogP contribution in [-0.2, 0) is 13.1 Å². The maximum Gasteiger partial charge on any atom is 0.255 e. The van der Waals surface area contributed by atoms with Gasteiger partial charge in [-0.05, 0) is 17.7 Å². The molecule has 0 radical (unpaired) electrons. The second-order valence-corrected chi connectivity index (χ2v) is 5.17. The lowest BCUT2D eigenvalue weighted by Gasteiger charge is -2.22. The highest BCUT2D eigenvalue weighted by Gasteiger charge is 2.18. The van der Waals surface area contributed by atoms with Crippen LogP contribution in [0.15, 0.2) is 77.7 Å². The van der Waals surface area contributed by atoms with Crippen molar-refractivity contribution in [3.8, 4) is 0 Å². The molecule has 1 amide bonds. The van der Waals surface area contributed by atoms with Crippen LogP contribution >= 0.6 is 0 Å². The normalized spacial score (nSPS) is 10.4. The molecule has 3 aromatic rings. The van der Waals surface area contributed by atoms with Crippen molar-refractivity contribution in [3.63, 3.8) is 0 Å². The summed E-state index contributed by atoms with van der Waals surface area (Å²) >= 11 is 0. The highest BCUT2D eigenvalue weighted by Crippen LogP contribution is 2.14. The first-order valence-electron chi connectivity index (χ1n) is 7.27. The molecule has 0 saturated carbocycles. The Bertz CT molecular complexity index is 753. The molecule has 0 bridgehead atoms. The largest absolute Gasteiger partial charge is 0.619 e. The molecule has 0 fully saturated rings. The van der Waals surface area contributed by atoms with Crippen LogP contribution in [0.2, 0.25) is 0 Å². The molecule has 2 heterocycles. The van der Waals surface area contributed by atoms with Crippen LogP contribution in [0.3, 0.4) is 0 Å². The van der Waals surface area contributed by atoms with Gasteiger partial charge in [0.25, 0.3) is 5.91 Å². The lowest BCUT2D eigenvalue weighted by Crippen LogP contribution is -2.31. The number of aromatic nitrogens is 1. The van der Waals surface area contributed by atoms with E-state index in [-0.39, 0.29) is 5.91 Å².